The molecule has 2 aromatic carbocycles. The average molecular weight is 340 g/mol. The molecule has 0 radical (unpaired) electrons. The molecule has 0 saturated carbocycles. The predicted molar refractivity (Wildman–Crippen MR) is 87.0 cm³/mol. The molecule has 0 aliphatic rings. The lowest BCUT2D eigenvalue weighted by atomic mass is 10.1. The smallest absolute Gasteiger partial charge is 0.252 e. The van der Waals surface area contributed by atoms with Crippen LogP contribution in [-0.2, 0) is 6.42 Å². The quantitative estimate of drug-likeness (QED) is 0.871. The van der Waals surface area contributed by atoms with Gasteiger partial charge in [-0.3, -0.25) is 4.79 Å². The normalized spacial score (nSPS) is 10.5. The van der Waals surface area contributed by atoms with Gasteiger partial charge in [0.05, 0.1) is 12.2 Å². The summed E-state index contributed by atoms with van der Waals surface area (Å²) in [6, 6.07) is 8.13. The molecule has 4 nitrogen and oxygen atoms in total. The minimum Gasteiger partial charge on any atom is -0.508 e. The maximum absolute atomic E-state index is 11.4. The van der Waals surface area contributed by atoms with Crippen molar-refractivity contribution in [2.24, 2.45) is 5.73 Å². The lowest BCUT2D eigenvalue weighted by molar-refractivity contribution is 0.0996. The van der Waals surface area contributed by atoms with Gasteiger partial charge in [-0.2, -0.15) is 0 Å². The first-order chi connectivity index (χ1) is 10.4. The molecule has 0 fully saturated rings. The Kier molecular flexibility index (Phi) is 5.16. The third-order valence-electron chi connectivity index (χ3n) is 3.21. The van der Waals surface area contributed by atoms with E-state index in [9.17, 15) is 9.90 Å². The molecule has 0 atom stereocenters. The lowest BCUT2D eigenvalue weighted by Gasteiger charge is -2.12. The van der Waals surface area contributed by atoms with Crippen molar-refractivity contribution in [3.8, 4) is 11.5 Å². The van der Waals surface area contributed by atoms with Gasteiger partial charge in [0.15, 0.2) is 0 Å². The van der Waals surface area contributed by atoms with Crippen LogP contribution in [0.4, 0.5) is 0 Å². The third-order valence-corrected chi connectivity index (χ3v) is 3.79. The highest BCUT2D eigenvalue weighted by atomic mass is 35.5. The Hall–Kier alpha value is -1.91. The summed E-state index contributed by atoms with van der Waals surface area (Å²) < 4.78 is 5.62. The zero-order chi connectivity index (χ0) is 16.3. The maximum atomic E-state index is 11.4. The van der Waals surface area contributed by atoms with Crippen LogP contribution in [0.2, 0.25) is 10.0 Å². The van der Waals surface area contributed by atoms with Crippen LogP contribution in [0.1, 0.15) is 21.5 Å². The summed E-state index contributed by atoms with van der Waals surface area (Å²) in [5.74, 6) is -0.315. The Labute approximate surface area is 138 Å². The van der Waals surface area contributed by atoms with Crippen LogP contribution in [0.15, 0.2) is 30.3 Å². The van der Waals surface area contributed by atoms with Crippen molar-refractivity contribution >= 4 is 29.1 Å². The number of ether oxygens (including phenoxy) is 1. The number of hydrogen-bond acceptors (Lipinski definition) is 3. The standard InChI is InChI=1S/C16H15Cl2NO3/c1-9-6-15(12(16(19)21)8-14(9)20)22-5-4-10-2-3-11(17)7-13(10)18/h2-3,6-8,20H,4-5H2,1H3,(H2,19,21). The van der Waals surface area contributed by atoms with E-state index in [0.717, 1.165) is 5.56 Å². The van der Waals surface area contributed by atoms with Gasteiger partial charge in [-0.1, -0.05) is 29.3 Å². The first-order valence-electron chi connectivity index (χ1n) is 6.58. The Morgan fingerprint density at radius 3 is 2.64 bits per heavy atom. The van der Waals surface area contributed by atoms with Crippen molar-refractivity contribution in [1.82, 2.24) is 0 Å². The van der Waals surface area contributed by atoms with E-state index in [4.69, 9.17) is 33.7 Å². The highest BCUT2D eigenvalue weighted by Crippen LogP contribution is 2.28. The molecular weight excluding hydrogens is 325 g/mol. The van der Waals surface area contributed by atoms with E-state index < -0.39 is 5.91 Å². The summed E-state index contributed by atoms with van der Waals surface area (Å²) in [7, 11) is 0. The van der Waals surface area contributed by atoms with Gasteiger partial charge in [0.25, 0.3) is 5.91 Å². The summed E-state index contributed by atoms with van der Waals surface area (Å²) in [6.07, 6.45) is 0.550. The summed E-state index contributed by atoms with van der Waals surface area (Å²) in [5, 5.41) is 10.8. The van der Waals surface area contributed by atoms with Gasteiger partial charge in [-0.25, -0.2) is 0 Å². The Morgan fingerprint density at radius 2 is 2.00 bits per heavy atom. The second kappa shape index (κ2) is 6.90. The van der Waals surface area contributed by atoms with Crippen LogP contribution in [0, 0.1) is 6.92 Å². The van der Waals surface area contributed by atoms with E-state index in [1.807, 2.05) is 6.07 Å². The number of primary amides is 1. The fourth-order valence-electron chi connectivity index (χ4n) is 1.98. The highest BCUT2D eigenvalue weighted by molar-refractivity contribution is 6.35. The molecule has 0 aliphatic heterocycles. The SMILES string of the molecule is Cc1cc(OCCc2ccc(Cl)cc2Cl)c(C(N)=O)cc1O. The number of rotatable bonds is 5. The van der Waals surface area contributed by atoms with E-state index >= 15 is 0 Å². The Morgan fingerprint density at radius 1 is 1.27 bits per heavy atom. The van der Waals surface area contributed by atoms with Gasteiger partial charge in [-0.15, -0.1) is 0 Å². The minimum absolute atomic E-state index is 0.00176. The fraction of sp³-hybridized carbons (Fsp3) is 0.188. The molecule has 0 aliphatic carbocycles. The predicted octanol–water partition coefficient (Wildman–Crippen LogP) is 3.73. The van der Waals surface area contributed by atoms with Crippen molar-refractivity contribution in [3.63, 3.8) is 0 Å². The van der Waals surface area contributed by atoms with Gasteiger partial charge in [0, 0.05) is 16.5 Å². The molecule has 6 heteroatoms. The van der Waals surface area contributed by atoms with E-state index in [-0.39, 0.29) is 11.3 Å². The van der Waals surface area contributed by atoms with Crippen LogP contribution >= 0.6 is 23.2 Å². The number of carbonyl (C=O) groups excluding carboxylic acids is 1. The number of phenols is 1. The molecular formula is C16H15Cl2NO3. The zero-order valence-corrected chi connectivity index (χ0v) is 13.4. The van der Waals surface area contributed by atoms with E-state index in [1.165, 1.54) is 6.07 Å². The lowest BCUT2D eigenvalue weighted by Crippen LogP contribution is -2.14. The van der Waals surface area contributed by atoms with Crippen LogP contribution in [0.25, 0.3) is 0 Å². The Bertz CT molecular complexity index is 717. The monoisotopic (exact) mass is 339 g/mol. The van der Waals surface area contributed by atoms with Gasteiger partial charge in [0.1, 0.15) is 11.5 Å². The number of phenolic OH excluding ortho intramolecular Hbond substituents is 1. The number of amides is 1. The molecule has 0 aromatic heterocycles. The molecule has 0 unspecified atom stereocenters. The van der Waals surface area contributed by atoms with Crippen LogP contribution in [0.5, 0.6) is 11.5 Å². The van der Waals surface area contributed by atoms with Crippen molar-refractivity contribution in [1.29, 1.82) is 0 Å². The summed E-state index contributed by atoms with van der Waals surface area (Å²) in [5.41, 5.74) is 6.93. The molecule has 0 heterocycles. The molecule has 0 saturated heterocycles. The number of aromatic hydroxyl groups is 1. The topological polar surface area (TPSA) is 72.5 Å². The third kappa shape index (κ3) is 3.84. The zero-order valence-electron chi connectivity index (χ0n) is 11.9. The van der Waals surface area contributed by atoms with Crippen molar-refractivity contribution in [2.45, 2.75) is 13.3 Å². The number of benzene rings is 2. The maximum Gasteiger partial charge on any atom is 0.252 e. The number of hydrogen-bond donors (Lipinski definition) is 2. The largest absolute Gasteiger partial charge is 0.508 e. The molecule has 2 aromatic rings. The van der Waals surface area contributed by atoms with Crippen LogP contribution in [-0.4, -0.2) is 17.6 Å². The van der Waals surface area contributed by atoms with Crippen LogP contribution < -0.4 is 10.5 Å². The van der Waals surface area contributed by atoms with Gasteiger partial charge in [0.2, 0.25) is 0 Å². The fourth-order valence-corrected chi connectivity index (χ4v) is 2.48. The van der Waals surface area contributed by atoms with Gasteiger partial charge < -0.3 is 15.6 Å². The summed E-state index contributed by atoms with van der Waals surface area (Å²) in [6.45, 7) is 2.02. The first kappa shape index (κ1) is 16.5. The number of halogens is 2. The minimum atomic E-state index is -0.658. The van der Waals surface area contributed by atoms with Gasteiger partial charge >= 0.3 is 0 Å². The molecule has 0 spiro atoms. The van der Waals surface area contributed by atoms with Crippen LogP contribution in [0.3, 0.4) is 0 Å². The molecule has 22 heavy (non-hydrogen) atoms. The number of aryl methyl sites for hydroxylation is 1. The van der Waals surface area contributed by atoms with E-state index in [2.05, 4.69) is 0 Å². The molecule has 116 valence electrons. The van der Waals surface area contributed by atoms with Crippen molar-refractivity contribution in [2.75, 3.05) is 6.61 Å². The number of carbonyl (C=O) groups is 1. The van der Waals surface area contributed by atoms with Crippen molar-refractivity contribution < 1.29 is 14.6 Å². The molecule has 3 N–H and O–H groups in total. The second-order valence-corrected chi connectivity index (χ2v) is 5.68. The van der Waals surface area contributed by atoms with E-state index in [0.29, 0.717) is 34.4 Å². The first-order valence-corrected chi connectivity index (χ1v) is 7.34. The summed E-state index contributed by atoms with van der Waals surface area (Å²) in [4.78, 5) is 11.4. The van der Waals surface area contributed by atoms with Gasteiger partial charge in [-0.05, 0) is 42.3 Å². The molecule has 1 amide bonds. The average Bonchev–Trinajstić information content (AvgIpc) is 2.44. The van der Waals surface area contributed by atoms with E-state index in [1.54, 1.807) is 25.1 Å². The highest BCUT2D eigenvalue weighted by Gasteiger charge is 2.13. The second-order valence-electron chi connectivity index (χ2n) is 4.83. The van der Waals surface area contributed by atoms with Crippen molar-refractivity contribution in [3.05, 3.63) is 57.1 Å². The number of nitrogens with two attached hydrogens (primary N) is 1. The Balaban J connectivity index is 2.11. The summed E-state index contributed by atoms with van der Waals surface area (Å²) >= 11 is 11.9. The molecule has 2 rings (SSSR count). The molecule has 0 bridgehead atoms.